The van der Waals surface area contributed by atoms with Gasteiger partial charge in [-0.25, -0.2) is 0 Å². The van der Waals surface area contributed by atoms with E-state index in [1.54, 1.807) is 6.07 Å². The summed E-state index contributed by atoms with van der Waals surface area (Å²) < 4.78 is 0. The van der Waals surface area contributed by atoms with E-state index in [-0.39, 0.29) is 6.61 Å². The summed E-state index contributed by atoms with van der Waals surface area (Å²) in [5, 5.41) is 9.60. The lowest BCUT2D eigenvalue weighted by Crippen LogP contribution is -2.27. The lowest BCUT2D eigenvalue weighted by atomic mass is 10.2. The smallest absolute Gasteiger partial charge is 0.0660 e. The predicted octanol–water partition coefficient (Wildman–Crippen LogP) is 2.13. The van der Waals surface area contributed by atoms with Crippen LogP contribution < -0.4 is 10.6 Å². The molecule has 1 aromatic carbocycles. The van der Waals surface area contributed by atoms with E-state index in [9.17, 15) is 0 Å². The molecule has 0 spiro atoms. The first kappa shape index (κ1) is 12.1. The minimum absolute atomic E-state index is 0.126. The van der Waals surface area contributed by atoms with E-state index >= 15 is 0 Å². The normalized spacial score (nSPS) is 10.3. The molecule has 3 N–H and O–H groups in total. The Morgan fingerprint density at radius 3 is 2.67 bits per heavy atom. The molecule has 0 amide bonds. The van der Waals surface area contributed by atoms with Gasteiger partial charge in [0.1, 0.15) is 0 Å². The number of nitrogen functional groups attached to an aromatic ring is 1. The van der Waals surface area contributed by atoms with Crippen molar-refractivity contribution in [3.8, 4) is 0 Å². The number of anilines is 2. The maximum Gasteiger partial charge on any atom is 0.0660 e. The first-order valence-electron chi connectivity index (χ1n) is 5.10. The second-order valence-corrected chi connectivity index (χ2v) is 3.83. The van der Waals surface area contributed by atoms with Crippen LogP contribution in [-0.4, -0.2) is 24.8 Å². The average Bonchev–Trinajstić information content (AvgIpc) is 2.17. The Kier molecular flexibility index (Phi) is 4.72. The Morgan fingerprint density at radius 1 is 1.40 bits per heavy atom. The fourth-order valence-electron chi connectivity index (χ4n) is 1.52. The molecular weight excluding hydrogens is 212 g/mol. The molecule has 0 aromatic heterocycles. The first-order valence-corrected chi connectivity index (χ1v) is 5.47. The van der Waals surface area contributed by atoms with E-state index in [1.807, 2.05) is 12.1 Å². The van der Waals surface area contributed by atoms with E-state index in [2.05, 4.69) is 11.8 Å². The highest BCUT2D eigenvalue weighted by molar-refractivity contribution is 6.33. The molecule has 0 saturated heterocycles. The van der Waals surface area contributed by atoms with E-state index in [0.717, 1.165) is 18.7 Å². The molecule has 4 heteroatoms. The fraction of sp³-hybridized carbons (Fsp3) is 0.455. The van der Waals surface area contributed by atoms with Crippen molar-refractivity contribution in [2.24, 2.45) is 0 Å². The van der Waals surface area contributed by atoms with Crippen LogP contribution in [0.3, 0.4) is 0 Å². The van der Waals surface area contributed by atoms with Gasteiger partial charge in [-0.05, 0) is 24.6 Å². The lowest BCUT2D eigenvalue weighted by molar-refractivity contribution is 0.302. The number of halogens is 1. The summed E-state index contributed by atoms with van der Waals surface area (Å²) in [5.74, 6) is 0. The molecule has 15 heavy (non-hydrogen) atoms. The monoisotopic (exact) mass is 228 g/mol. The third kappa shape index (κ3) is 3.29. The molecular formula is C11H17ClN2O. The highest BCUT2D eigenvalue weighted by atomic mass is 35.5. The van der Waals surface area contributed by atoms with Gasteiger partial charge >= 0.3 is 0 Å². The van der Waals surface area contributed by atoms with Crippen molar-refractivity contribution in [1.82, 2.24) is 0 Å². The van der Waals surface area contributed by atoms with Gasteiger partial charge in [-0.3, -0.25) is 0 Å². The zero-order chi connectivity index (χ0) is 11.3. The summed E-state index contributed by atoms with van der Waals surface area (Å²) >= 11 is 6.09. The second kappa shape index (κ2) is 5.83. The number of aliphatic hydroxyl groups excluding tert-OH is 1. The summed E-state index contributed by atoms with van der Waals surface area (Å²) in [6, 6.07) is 5.45. The van der Waals surface area contributed by atoms with Gasteiger partial charge in [-0.1, -0.05) is 18.5 Å². The Bertz CT molecular complexity index is 311. The zero-order valence-electron chi connectivity index (χ0n) is 8.91. The number of nitrogens with two attached hydrogens (primary N) is 1. The maximum atomic E-state index is 8.96. The highest BCUT2D eigenvalue weighted by Gasteiger charge is 2.08. The molecule has 0 aliphatic rings. The maximum absolute atomic E-state index is 8.96. The number of nitrogens with zero attached hydrogens (tertiary/aromatic N) is 1. The Balaban J connectivity index is 2.89. The third-order valence-electron chi connectivity index (χ3n) is 2.18. The summed E-state index contributed by atoms with van der Waals surface area (Å²) in [6.07, 6.45) is 1.01. The van der Waals surface area contributed by atoms with Gasteiger partial charge in [0.2, 0.25) is 0 Å². The first-order chi connectivity index (χ1) is 7.19. The van der Waals surface area contributed by atoms with Crippen molar-refractivity contribution >= 4 is 23.0 Å². The second-order valence-electron chi connectivity index (χ2n) is 3.42. The zero-order valence-corrected chi connectivity index (χ0v) is 9.67. The number of hydrogen-bond donors (Lipinski definition) is 2. The van der Waals surface area contributed by atoms with E-state index < -0.39 is 0 Å². The van der Waals surface area contributed by atoms with Gasteiger partial charge in [0.15, 0.2) is 0 Å². The molecule has 1 rings (SSSR count). The van der Waals surface area contributed by atoms with Crippen LogP contribution >= 0.6 is 11.6 Å². The molecule has 0 bridgehead atoms. The molecule has 0 heterocycles. The molecule has 0 unspecified atom stereocenters. The molecule has 0 atom stereocenters. The Hall–Kier alpha value is -0.930. The average molecular weight is 229 g/mol. The lowest BCUT2D eigenvalue weighted by Gasteiger charge is -2.24. The van der Waals surface area contributed by atoms with Crippen LogP contribution in [0, 0.1) is 0 Å². The summed E-state index contributed by atoms with van der Waals surface area (Å²) in [7, 11) is 0. The quantitative estimate of drug-likeness (QED) is 0.760. The van der Waals surface area contributed by atoms with Crippen molar-refractivity contribution in [3.05, 3.63) is 23.2 Å². The van der Waals surface area contributed by atoms with Gasteiger partial charge in [-0.2, -0.15) is 0 Å². The summed E-state index contributed by atoms with van der Waals surface area (Å²) in [4.78, 5) is 2.06. The van der Waals surface area contributed by atoms with Crippen LogP contribution in [-0.2, 0) is 0 Å². The molecule has 0 aliphatic heterocycles. The van der Waals surface area contributed by atoms with Crippen molar-refractivity contribution in [1.29, 1.82) is 0 Å². The van der Waals surface area contributed by atoms with Crippen LogP contribution in [0.25, 0.3) is 0 Å². The number of aliphatic hydroxyl groups is 1. The van der Waals surface area contributed by atoms with Gasteiger partial charge in [0, 0.05) is 18.8 Å². The minimum atomic E-state index is 0.126. The van der Waals surface area contributed by atoms with Crippen LogP contribution in [0.4, 0.5) is 11.4 Å². The summed E-state index contributed by atoms with van der Waals surface area (Å²) in [5.41, 5.74) is 7.21. The number of rotatable bonds is 5. The summed E-state index contributed by atoms with van der Waals surface area (Å²) in [6.45, 7) is 3.69. The topological polar surface area (TPSA) is 49.5 Å². The number of benzene rings is 1. The van der Waals surface area contributed by atoms with Gasteiger partial charge in [-0.15, -0.1) is 0 Å². The van der Waals surface area contributed by atoms with Crippen LogP contribution in [0.5, 0.6) is 0 Å². The number of hydrogen-bond acceptors (Lipinski definition) is 3. The van der Waals surface area contributed by atoms with Crippen molar-refractivity contribution in [2.75, 3.05) is 30.3 Å². The molecule has 0 aliphatic carbocycles. The van der Waals surface area contributed by atoms with Crippen molar-refractivity contribution < 1.29 is 5.11 Å². The molecule has 0 fully saturated rings. The van der Waals surface area contributed by atoms with E-state index in [0.29, 0.717) is 17.3 Å². The molecule has 0 radical (unpaired) electrons. The Morgan fingerprint density at radius 2 is 2.13 bits per heavy atom. The highest BCUT2D eigenvalue weighted by Crippen LogP contribution is 2.27. The molecule has 0 saturated carbocycles. The standard InChI is InChI=1S/C11H17ClN2O/c1-2-5-14(6-7-15)11-4-3-9(13)8-10(11)12/h3-4,8,15H,2,5-7,13H2,1H3. The predicted molar refractivity (Wildman–Crippen MR) is 65.5 cm³/mol. The van der Waals surface area contributed by atoms with Crippen molar-refractivity contribution in [3.63, 3.8) is 0 Å². The minimum Gasteiger partial charge on any atom is -0.399 e. The SMILES string of the molecule is CCCN(CCO)c1ccc(N)cc1Cl. The largest absolute Gasteiger partial charge is 0.399 e. The van der Waals surface area contributed by atoms with E-state index in [4.69, 9.17) is 22.4 Å². The Labute approximate surface area is 95.5 Å². The van der Waals surface area contributed by atoms with Crippen LogP contribution in [0.2, 0.25) is 5.02 Å². The van der Waals surface area contributed by atoms with E-state index in [1.165, 1.54) is 0 Å². The van der Waals surface area contributed by atoms with Gasteiger partial charge in [0.25, 0.3) is 0 Å². The fourth-order valence-corrected chi connectivity index (χ4v) is 1.83. The molecule has 3 nitrogen and oxygen atoms in total. The molecule has 84 valence electrons. The van der Waals surface area contributed by atoms with Crippen LogP contribution in [0.1, 0.15) is 13.3 Å². The van der Waals surface area contributed by atoms with Gasteiger partial charge in [0.05, 0.1) is 17.3 Å². The third-order valence-corrected chi connectivity index (χ3v) is 2.48. The van der Waals surface area contributed by atoms with Crippen LogP contribution in [0.15, 0.2) is 18.2 Å². The molecule has 1 aromatic rings. The van der Waals surface area contributed by atoms with Gasteiger partial charge < -0.3 is 15.7 Å². The van der Waals surface area contributed by atoms with Crippen molar-refractivity contribution in [2.45, 2.75) is 13.3 Å².